The van der Waals surface area contributed by atoms with Gasteiger partial charge in [0, 0.05) is 12.8 Å². The molecule has 0 N–H and O–H groups in total. The normalized spacial score (nSPS) is 10.6. The first-order chi connectivity index (χ1) is 9.31. The number of thioether (sulfide) groups is 1. The number of halogens is 1. The zero-order valence-electron chi connectivity index (χ0n) is 10.9. The van der Waals surface area contributed by atoms with Crippen LogP contribution in [0.15, 0.2) is 41.7 Å². The second-order valence-corrected chi connectivity index (χ2v) is 5.42. The largest absolute Gasteiger partial charge is 0.494 e. The zero-order valence-corrected chi connectivity index (χ0v) is 12.5. The number of benzene rings is 1. The summed E-state index contributed by atoms with van der Waals surface area (Å²) in [6.07, 6.45) is 2.82. The van der Waals surface area contributed by atoms with Gasteiger partial charge in [0.25, 0.3) is 0 Å². The fourth-order valence-corrected chi connectivity index (χ4v) is 2.74. The van der Waals surface area contributed by atoms with Gasteiger partial charge in [-0.05, 0) is 18.6 Å². The Morgan fingerprint density at radius 1 is 1.32 bits per heavy atom. The predicted molar refractivity (Wildman–Crippen MR) is 80.0 cm³/mol. The van der Waals surface area contributed by atoms with Crippen molar-refractivity contribution in [2.75, 3.05) is 12.4 Å². The molecule has 0 fully saturated rings. The van der Waals surface area contributed by atoms with Crippen LogP contribution in [0.5, 0.6) is 5.75 Å². The summed E-state index contributed by atoms with van der Waals surface area (Å²) in [5.74, 6) is 2.41. The lowest BCUT2D eigenvalue weighted by Crippen LogP contribution is -2.00. The lowest BCUT2D eigenvalue weighted by molar-refractivity contribution is 0.318. The highest BCUT2D eigenvalue weighted by atomic mass is 35.5. The van der Waals surface area contributed by atoms with Crippen LogP contribution in [0.3, 0.4) is 0 Å². The molecule has 0 unspecified atom stereocenters. The number of hydrogen-bond donors (Lipinski definition) is 0. The van der Waals surface area contributed by atoms with Gasteiger partial charge >= 0.3 is 0 Å². The maximum absolute atomic E-state index is 5.81. The van der Waals surface area contributed by atoms with Crippen LogP contribution in [-0.4, -0.2) is 21.9 Å². The van der Waals surface area contributed by atoms with Gasteiger partial charge in [0.15, 0.2) is 5.16 Å². The molecule has 0 saturated carbocycles. The molecule has 1 aromatic heterocycles. The van der Waals surface area contributed by atoms with Gasteiger partial charge in [0.1, 0.15) is 5.75 Å². The Labute approximate surface area is 122 Å². The molecule has 0 saturated heterocycles. The first-order valence-electron chi connectivity index (χ1n) is 6.18. The Bertz CT molecular complexity index is 501. The Hall–Kier alpha value is -1.13. The lowest BCUT2D eigenvalue weighted by atomic mass is 10.3. The average Bonchev–Trinajstić information content (AvgIpc) is 2.80. The van der Waals surface area contributed by atoms with Crippen LogP contribution in [-0.2, 0) is 12.9 Å². The van der Waals surface area contributed by atoms with E-state index in [9.17, 15) is 0 Å². The van der Waals surface area contributed by atoms with Crippen molar-refractivity contribution in [3.05, 3.63) is 42.2 Å². The minimum absolute atomic E-state index is 0.501. The molecular formula is C14H17ClN2OS. The van der Waals surface area contributed by atoms with Crippen molar-refractivity contribution in [3.8, 4) is 5.75 Å². The van der Waals surface area contributed by atoms with Crippen molar-refractivity contribution in [3.63, 3.8) is 0 Å². The maximum Gasteiger partial charge on any atom is 0.167 e. The molecule has 0 bridgehead atoms. The third kappa shape index (κ3) is 4.18. The van der Waals surface area contributed by atoms with E-state index in [0.29, 0.717) is 5.88 Å². The van der Waals surface area contributed by atoms with Crippen LogP contribution >= 0.6 is 23.4 Å². The molecule has 0 aliphatic rings. The van der Waals surface area contributed by atoms with Crippen molar-refractivity contribution < 1.29 is 4.74 Å². The third-order valence-electron chi connectivity index (χ3n) is 2.71. The van der Waals surface area contributed by atoms with E-state index in [0.717, 1.165) is 35.4 Å². The molecule has 1 heterocycles. The second-order valence-electron chi connectivity index (χ2n) is 4.09. The smallest absolute Gasteiger partial charge is 0.167 e. The minimum Gasteiger partial charge on any atom is -0.494 e. The molecule has 19 heavy (non-hydrogen) atoms. The molecule has 102 valence electrons. The van der Waals surface area contributed by atoms with E-state index < -0.39 is 0 Å². The fourth-order valence-electron chi connectivity index (χ4n) is 1.61. The summed E-state index contributed by atoms with van der Waals surface area (Å²) in [5, 5.41) is 1.01. The molecule has 2 rings (SSSR count). The van der Waals surface area contributed by atoms with Gasteiger partial charge in [-0.1, -0.05) is 30.0 Å². The summed E-state index contributed by atoms with van der Waals surface area (Å²) in [5.41, 5.74) is 1.05. The highest BCUT2D eigenvalue weighted by Crippen LogP contribution is 2.19. The third-order valence-corrected chi connectivity index (χ3v) is 4.11. The lowest BCUT2D eigenvalue weighted by Gasteiger charge is -2.06. The molecule has 0 spiro atoms. The number of rotatable bonds is 7. The van der Waals surface area contributed by atoms with Crippen LogP contribution in [0.2, 0.25) is 0 Å². The molecule has 2 aromatic rings. The van der Waals surface area contributed by atoms with Gasteiger partial charge in [-0.15, -0.1) is 11.6 Å². The summed E-state index contributed by atoms with van der Waals surface area (Å²) >= 11 is 7.54. The Morgan fingerprint density at radius 3 is 2.79 bits per heavy atom. The fraction of sp³-hybridized carbons (Fsp3) is 0.357. The van der Waals surface area contributed by atoms with E-state index in [1.807, 2.05) is 48.1 Å². The first kappa shape index (κ1) is 14.3. The number of ether oxygens (including phenoxy) is 1. The molecule has 1 aromatic carbocycles. The molecule has 0 amide bonds. The topological polar surface area (TPSA) is 27.1 Å². The van der Waals surface area contributed by atoms with Crippen LogP contribution in [0.25, 0.3) is 0 Å². The van der Waals surface area contributed by atoms with Gasteiger partial charge in [-0.25, -0.2) is 4.98 Å². The van der Waals surface area contributed by atoms with Gasteiger partial charge in [0.05, 0.1) is 24.4 Å². The van der Waals surface area contributed by atoms with Crippen molar-refractivity contribution in [2.24, 2.45) is 7.05 Å². The summed E-state index contributed by atoms with van der Waals surface area (Å²) in [6.45, 7) is 0.726. The standard InChI is InChI=1S/C14H17ClN2OS/c1-17-12(10-15)11-16-14(17)19-9-5-8-18-13-6-3-2-4-7-13/h2-4,6-7,11H,5,8-10H2,1H3. The number of hydrogen-bond acceptors (Lipinski definition) is 3. The molecule has 0 aliphatic carbocycles. The van der Waals surface area contributed by atoms with E-state index >= 15 is 0 Å². The summed E-state index contributed by atoms with van der Waals surface area (Å²) in [7, 11) is 1.99. The first-order valence-corrected chi connectivity index (χ1v) is 7.70. The highest BCUT2D eigenvalue weighted by Gasteiger charge is 2.05. The zero-order chi connectivity index (χ0) is 13.5. The number of imidazole rings is 1. The Kier molecular flexibility index (Phi) is 5.61. The summed E-state index contributed by atoms with van der Waals surface area (Å²) in [6, 6.07) is 9.88. The van der Waals surface area contributed by atoms with Gasteiger partial charge in [-0.2, -0.15) is 0 Å². The quantitative estimate of drug-likeness (QED) is 0.443. The van der Waals surface area contributed by atoms with E-state index in [4.69, 9.17) is 16.3 Å². The number of nitrogens with zero attached hydrogens (tertiary/aromatic N) is 2. The van der Waals surface area contributed by atoms with Crippen molar-refractivity contribution in [1.29, 1.82) is 0 Å². The van der Waals surface area contributed by atoms with Crippen LogP contribution in [0, 0.1) is 0 Å². The average molecular weight is 297 g/mol. The number of para-hydroxylation sites is 1. The monoisotopic (exact) mass is 296 g/mol. The van der Waals surface area contributed by atoms with Crippen LogP contribution < -0.4 is 4.74 Å². The van der Waals surface area contributed by atoms with E-state index in [1.54, 1.807) is 11.8 Å². The van der Waals surface area contributed by atoms with Crippen molar-refractivity contribution in [1.82, 2.24) is 9.55 Å². The van der Waals surface area contributed by atoms with Gasteiger partial charge in [0.2, 0.25) is 0 Å². The van der Waals surface area contributed by atoms with Crippen LogP contribution in [0.1, 0.15) is 12.1 Å². The maximum atomic E-state index is 5.81. The second kappa shape index (κ2) is 7.46. The minimum atomic E-state index is 0.501. The molecule has 0 radical (unpaired) electrons. The number of alkyl halides is 1. The van der Waals surface area contributed by atoms with E-state index in [1.165, 1.54) is 0 Å². The summed E-state index contributed by atoms with van der Waals surface area (Å²) < 4.78 is 7.68. The van der Waals surface area contributed by atoms with E-state index in [2.05, 4.69) is 4.98 Å². The van der Waals surface area contributed by atoms with Crippen molar-refractivity contribution in [2.45, 2.75) is 17.5 Å². The SMILES string of the molecule is Cn1c(CCl)cnc1SCCCOc1ccccc1. The van der Waals surface area contributed by atoms with Crippen LogP contribution in [0.4, 0.5) is 0 Å². The Morgan fingerprint density at radius 2 is 2.11 bits per heavy atom. The van der Waals surface area contributed by atoms with Crippen molar-refractivity contribution >= 4 is 23.4 Å². The van der Waals surface area contributed by atoms with E-state index in [-0.39, 0.29) is 0 Å². The highest BCUT2D eigenvalue weighted by molar-refractivity contribution is 7.99. The summed E-state index contributed by atoms with van der Waals surface area (Å²) in [4.78, 5) is 4.34. The molecule has 0 atom stereocenters. The molecular weight excluding hydrogens is 280 g/mol. The Balaban J connectivity index is 1.68. The van der Waals surface area contributed by atoms with Gasteiger partial charge < -0.3 is 9.30 Å². The predicted octanol–water partition coefficient (Wildman–Crippen LogP) is 3.72. The molecule has 5 heteroatoms. The van der Waals surface area contributed by atoms with Gasteiger partial charge in [-0.3, -0.25) is 0 Å². The molecule has 0 aliphatic heterocycles. The number of aromatic nitrogens is 2. The molecule has 3 nitrogen and oxygen atoms in total.